The molecule has 2 aromatic heterocycles. The van der Waals surface area contributed by atoms with Crippen molar-refractivity contribution in [1.82, 2.24) is 14.3 Å². The molecule has 0 bridgehead atoms. The summed E-state index contributed by atoms with van der Waals surface area (Å²) in [4.78, 5) is 18.9. The molecule has 0 aromatic carbocycles. The molecule has 21 heavy (non-hydrogen) atoms. The quantitative estimate of drug-likeness (QED) is 0.918. The second-order valence-electron chi connectivity index (χ2n) is 6.16. The van der Waals surface area contributed by atoms with Crippen LogP contribution in [0.2, 0.25) is 0 Å². The molecule has 1 N–H and O–H groups in total. The van der Waals surface area contributed by atoms with Crippen molar-refractivity contribution in [2.24, 2.45) is 5.92 Å². The molecule has 0 amide bonds. The molecule has 0 unspecified atom stereocenters. The standard InChI is InChI=1S/C16H21N3O2/c1-11-4-3-5-19-15(21)8-13(17-16(11)19)10-18(2)9-12-6-14(20)7-12/h3-5,8,12,14,20H,6-7,9-10H2,1-2H3. The normalized spacial score (nSPS) is 21.7. The van der Waals surface area contributed by atoms with Crippen LogP contribution in [0.5, 0.6) is 0 Å². The van der Waals surface area contributed by atoms with E-state index in [9.17, 15) is 9.90 Å². The molecule has 1 fully saturated rings. The van der Waals surface area contributed by atoms with E-state index < -0.39 is 0 Å². The fourth-order valence-electron chi connectivity index (χ4n) is 3.02. The average Bonchev–Trinajstić information content (AvgIpc) is 2.38. The molecular weight excluding hydrogens is 266 g/mol. The van der Waals surface area contributed by atoms with Crippen LogP contribution in [0, 0.1) is 12.8 Å². The smallest absolute Gasteiger partial charge is 0.258 e. The van der Waals surface area contributed by atoms with Crippen molar-refractivity contribution in [2.75, 3.05) is 13.6 Å². The molecule has 1 aliphatic rings. The number of aromatic nitrogens is 2. The van der Waals surface area contributed by atoms with Crippen LogP contribution in [0.3, 0.4) is 0 Å². The number of hydrogen-bond donors (Lipinski definition) is 1. The lowest BCUT2D eigenvalue weighted by Gasteiger charge is -2.34. The van der Waals surface area contributed by atoms with E-state index in [2.05, 4.69) is 9.88 Å². The minimum absolute atomic E-state index is 0.0360. The molecule has 2 heterocycles. The number of hydrogen-bond acceptors (Lipinski definition) is 4. The van der Waals surface area contributed by atoms with Crippen molar-refractivity contribution < 1.29 is 5.11 Å². The van der Waals surface area contributed by atoms with Crippen LogP contribution in [0.1, 0.15) is 24.1 Å². The second-order valence-corrected chi connectivity index (χ2v) is 6.16. The predicted molar refractivity (Wildman–Crippen MR) is 81.3 cm³/mol. The number of nitrogens with zero attached hydrogens (tertiary/aromatic N) is 3. The lowest BCUT2D eigenvalue weighted by Crippen LogP contribution is -2.37. The minimum Gasteiger partial charge on any atom is -0.393 e. The minimum atomic E-state index is -0.116. The summed E-state index contributed by atoms with van der Waals surface area (Å²) < 4.78 is 1.58. The van der Waals surface area contributed by atoms with E-state index in [-0.39, 0.29) is 11.7 Å². The van der Waals surface area contributed by atoms with E-state index in [1.54, 1.807) is 16.7 Å². The first-order valence-electron chi connectivity index (χ1n) is 7.37. The van der Waals surface area contributed by atoms with Crippen molar-refractivity contribution in [3.63, 3.8) is 0 Å². The van der Waals surface area contributed by atoms with E-state index >= 15 is 0 Å². The molecule has 112 valence electrons. The van der Waals surface area contributed by atoms with E-state index in [1.165, 1.54) is 0 Å². The Hall–Kier alpha value is -1.72. The van der Waals surface area contributed by atoms with Gasteiger partial charge in [-0.1, -0.05) is 6.07 Å². The van der Waals surface area contributed by atoms with Gasteiger partial charge in [0.1, 0.15) is 5.65 Å². The van der Waals surface area contributed by atoms with Gasteiger partial charge in [-0.25, -0.2) is 4.98 Å². The summed E-state index contributed by atoms with van der Waals surface area (Å²) in [7, 11) is 2.03. The zero-order valence-corrected chi connectivity index (χ0v) is 12.5. The Morgan fingerprint density at radius 2 is 2.24 bits per heavy atom. The molecule has 1 aliphatic carbocycles. The highest BCUT2D eigenvalue weighted by Crippen LogP contribution is 2.27. The topological polar surface area (TPSA) is 57.8 Å². The van der Waals surface area contributed by atoms with Gasteiger partial charge in [-0.05, 0) is 44.4 Å². The molecule has 0 spiro atoms. The summed E-state index contributed by atoms with van der Waals surface area (Å²) in [6, 6.07) is 5.43. The van der Waals surface area contributed by atoms with E-state index in [0.717, 1.165) is 36.3 Å². The maximum absolute atomic E-state index is 12.1. The highest BCUT2D eigenvalue weighted by molar-refractivity contribution is 5.46. The lowest BCUT2D eigenvalue weighted by atomic mass is 9.82. The van der Waals surface area contributed by atoms with E-state index in [0.29, 0.717) is 12.5 Å². The number of fused-ring (bicyclic) bond motifs is 1. The zero-order chi connectivity index (χ0) is 15.0. The van der Waals surface area contributed by atoms with Gasteiger partial charge in [0.15, 0.2) is 0 Å². The van der Waals surface area contributed by atoms with Gasteiger partial charge < -0.3 is 10.0 Å². The zero-order valence-electron chi connectivity index (χ0n) is 12.5. The van der Waals surface area contributed by atoms with Crippen LogP contribution in [0.25, 0.3) is 5.65 Å². The number of aryl methyl sites for hydroxylation is 1. The largest absolute Gasteiger partial charge is 0.393 e. The fraction of sp³-hybridized carbons (Fsp3) is 0.500. The molecule has 0 radical (unpaired) electrons. The third kappa shape index (κ3) is 2.99. The van der Waals surface area contributed by atoms with Crippen LogP contribution in [-0.4, -0.2) is 39.1 Å². The monoisotopic (exact) mass is 287 g/mol. The predicted octanol–water partition coefficient (Wildman–Crippen LogP) is 1.21. The maximum atomic E-state index is 12.1. The first-order valence-corrected chi connectivity index (χ1v) is 7.37. The van der Waals surface area contributed by atoms with Crippen LogP contribution in [0.15, 0.2) is 29.2 Å². The van der Waals surface area contributed by atoms with Crippen molar-refractivity contribution in [3.05, 3.63) is 46.0 Å². The number of aliphatic hydroxyl groups excluding tert-OH is 1. The van der Waals surface area contributed by atoms with Crippen molar-refractivity contribution in [2.45, 2.75) is 32.4 Å². The molecule has 0 aliphatic heterocycles. The SMILES string of the molecule is Cc1cccn2c(=O)cc(CN(C)CC3CC(O)C3)nc12. The van der Waals surface area contributed by atoms with Crippen molar-refractivity contribution in [3.8, 4) is 0 Å². The van der Waals surface area contributed by atoms with Crippen LogP contribution < -0.4 is 5.56 Å². The number of pyridine rings is 1. The Morgan fingerprint density at radius 3 is 2.95 bits per heavy atom. The Morgan fingerprint density at radius 1 is 1.48 bits per heavy atom. The Balaban J connectivity index is 1.78. The van der Waals surface area contributed by atoms with Gasteiger partial charge in [0, 0.05) is 25.4 Å². The molecule has 3 rings (SSSR count). The number of aliphatic hydroxyl groups is 1. The Bertz CT molecular complexity index is 704. The molecule has 1 saturated carbocycles. The summed E-state index contributed by atoms with van der Waals surface area (Å²) >= 11 is 0. The van der Waals surface area contributed by atoms with Gasteiger partial charge in [0.25, 0.3) is 5.56 Å². The van der Waals surface area contributed by atoms with Gasteiger partial charge >= 0.3 is 0 Å². The van der Waals surface area contributed by atoms with E-state index in [4.69, 9.17) is 0 Å². The van der Waals surface area contributed by atoms with Gasteiger partial charge in [0.2, 0.25) is 0 Å². The fourth-order valence-corrected chi connectivity index (χ4v) is 3.02. The highest BCUT2D eigenvalue weighted by Gasteiger charge is 2.27. The summed E-state index contributed by atoms with van der Waals surface area (Å²) in [6.07, 6.45) is 3.41. The summed E-state index contributed by atoms with van der Waals surface area (Å²) in [6.45, 7) is 3.56. The van der Waals surface area contributed by atoms with Gasteiger partial charge in [-0.3, -0.25) is 9.20 Å². The Labute approximate surface area is 123 Å². The number of rotatable bonds is 4. The molecule has 0 atom stereocenters. The molecular formula is C16H21N3O2. The van der Waals surface area contributed by atoms with Crippen LogP contribution >= 0.6 is 0 Å². The molecule has 2 aromatic rings. The van der Waals surface area contributed by atoms with Crippen molar-refractivity contribution in [1.29, 1.82) is 0 Å². The lowest BCUT2D eigenvalue weighted by molar-refractivity contribution is 0.0272. The Kier molecular flexibility index (Phi) is 3.78. The third-order valence-electron chi connectivity index (χ3n) is 4.15. The summed E-state index contributed by atoms with van der Waals surface area (Å²) in [5, 5.41) is 9.33. The van der Waals surface area contributed by atoms with Crippen LogP contribution in [0.4, 0.5) is 0 Å². The maximum Gasteiger partial charge on any atom is 0.258 e. The first-order chi connectivity index (χ1) is 10.0. The third-order valence-corrected chi connectivity index (χ3v) is 4.15. The molecule has 5 heteroatoms. The van der Waals surface area contributed by atoms with Crippen LogP contribution in [-0.2, 0) is 6.54 Å². The summed E-state index contributed by atoms with van der Waals surface area (Å²) in [5.41, 5.74) is 2.50. The van der Waals surface area contributed by atoms with Crippen molar-refractivity contribution >= 4 is 5.65 Å². The molecule has 5 nitrogen and oxygen atoms in total. The van der Waals surface area contributed by atoms with Gasteiger partial charge in [-0.15, -0.1) is 0 Å². The van der Waals surface area contributed by atoms with Gasteiger partial charge in [-0.2, -0.15) is 0 Å². The van der Waals surface area contributed by atoms with E-state index in [1.807, 2.05) is 26.1 Å². The molecule has 0 saturated heterocycles. The highest BCUT2D eigenvalue weighted by atomic mass is 16.3. The average molecular weight is 287 g/mol. The first kappa shape index (κ1) is 14.2. The second kappa shape index (κ2) is 5.58. The summed E-state index contributed by atoms with van der Waals surface area (Å²) in [5.74, 6) is 0.563. The van der Waals surface area contributed by atoms with Gasteiger partial charge in [0.05, 0.1) is 11.8 Å².